The Morgan fingerprint density at radius 3 is 2.89 bits per heavy atom. The number of benzene rings is 1. The lowest BCUT2D eigenvalue weighted by molar-refractivity contribution is -0.140. The summed E-state index contributed by atoms with van der Waals surface area (Å²) in [6, 6.07) is 3.31. The van der Waals surface area contributed by atoms with Gasteiger partial charge >= 0.3 is 5.97 Å². The van der Waals surface area contributed by atoms with E-state index >= 15 is 0 Å². The number of aliphatic carboxylic acids is 1. The van der Waals surface area contributed by atoms with Crippen LogP contribution in [0.4, 0.5) is 5.69 Å². The molecule has 6 nitrogen and oxygen atoms in total. The van der Waals surface area contributed by atoms with Crippen LogP contribution in [0, 0.1) is 0 Å². The maximum absolute atomic E-state index is 11.8. The largest absolute Gasteiger partial charge is 0.508 e. The number of phenolic OH excluding ortho intramolecular Hbond substituents is 1. The van der Waals surface area contributed by atoms with Crippen LogP contribution in [0.15, 0.2) is 18.2 Å². The van der Waals surface area contributed by atoms with Gasteiger partial charge in [-0.3, -0.25) is 9.69 Å². The highest BCUT2D eigenvalue weighted by Crippen LogP contribution is 2.36. The highest BCUT2D eigenvalue weighted by molar-refractivity contribution is 6.02. The van der Waals surface area contributed by atoms with Crippen LogP contribution in [0.1, 0.15) is 13.3 Å². The number of nitrogens with zero attached hydrogens (tertiary/aromatic N) is 1. The summed E-state index contributed by atoms with van der Waals surface area (Å²) in [4.78, 5) is 24.2. The number of hydrogen-bond donors (Lipinski definition) is 2. The summed E-state index contributed by atoms with van der Waals surface area (Å²) in [7, 11) is 0. The van der Waals surface area contributed by atoms with E-state index < -0.39 is 17.9 Å². The molecule has 6 heteroatoms. The van der Waals surface area contributed by atoms with Crippen molar-refractivity contribution in [2.24, 2.45) is 0 Å². The fourth-order valence-electron chi connectivity index (χ4n) is 1.97. The van der Waals surface area contributed by atoms with Crippen LogP contribution in [0.25, 0.3) is 0 Å². The third-order valence-electron chi connectivity index (χ3n) is 2.81. The van der Waals surface area contributed by atoms with E-state index in [1.165, 1.54) is 23.1 Å². The number of carbonyl (C=O) groups is 2. The van der Waals surface area contributed by atoms with E-state index in [0.717, 1.165) is 0 Å². The molecule has 1 aliphatic rings. The predicted octanol–water partition coefficient (Wildman–Crippen LogP) is 0.981. The van der Waals surface area contributed by atoms with Crippen LogP contribution in [-0.4, -0.2) is 34.7 Å². The lowest BCUT2D eigenvalue weighted by Gasteiger charge is -2.33. The minimum absolute atomic E-state index is 0.00595. The first kappa shape index (κ1) is 12.2. The molecule has 1 amide bonds. The average Bonchev–Trinajstić information content (AvgIpc) is 2.32. The summed E-state index contributed by atoms with van der Waals surface area (Å²) in [5.41, 5.74) is 0.373. The van der Waals surface area contributed by atoms with Crippen LogP contribution in [-0.2, 0) is 9.59 Å². The molecule has 2 N–H and O–H groups in total. The SMILES string of the molecule is CCC(C(=O)O)N1C(=O)COc2cc(O)ccc21. The summed E-state index contributed by atoms with van der Waals surface area (Å²) >= 11 is 0. The summed E-state index contributed by atoms with van der Waals surface area (Å²) in [6.07, 6.45) is 0.293. The van der Waals surface area contributed by atoms with E-state index in [2.05, 4.69) is 0 Å². The Morgan fingerprint density at radius 1 is 1.56 bits per heavy atom. The van der Waals surface area contributed by atoms with Crippen molar-refractivity contribution in [1.82, 2.24) is 0 Å². The number of carboxylic acid groups (broad SMARTS) is 1. The fraction of sp³-hybridized carbons (Fsp3) is 0.333. The molecule has 0 aliphatic carbocycles. The number of ether oxygens (including phenoxy) is 1. The van der Waals surface area contributed by atoms with Gasteiger partial charge in [0.05, 0.1) is 5.69 Å². The van der Waals surface area contributed by atoms with Crippen molar-refractivity contribution in [1.29, 1.82) is 0 Å². The molecule has 1 aliphatic heterocycles. The van der Waals surface area contributed by atoms with Crippen LogP contribution < -0.4 is 9.64 Å². The zero-order chi connectivity index (χ0) is 13.3. The second-order valence-electron chi connectivity index (χ2n) is 3.97. The van der Waals surface area contributed by atoms with Crippen molar-refractivity contribution in [3.05, 3.63) is 18.2 Å². The first-order chi connectivity index (χ1) is 8.54. The lowest BCUT2D eigenvalue weighted by Crippen LogP contribution is -2.49. The van der Waals surface area contributed by atoms with Crippen molar-refractivity contribution >= 4 is 17.6 Å². The Bertz CT molecular complexity index is 499. The quantitative estimate of drug-likeness (QED) is 0.836. The van der Waals surface area contributed by atoms with Gasteiger partial charge in [-0.1, -0.05) is 6.92 Å². The smallest absolute Gasteiger partial charge is 0.326 e. The molecule has 18 heavy (non-hydrogen) atoms. The molecular weight excluding hydrogens is 238 g/mol. The maximum Gasteiger partial charge on any atom is 0.326 e. The molecule has 96 valence electrons. The van der Waals surface area contributed by atoms with Gasteiger partial charge in [-0.05, 0) is 18.6 Å². The Morgan fingerprint density at radius 2 is 2.28 bits per heavy atom. The molecule has 0 spiro atoms. The van der Waals surface area contributed by atoms with Crippen molar-refractivity contribution in [2.45, 2.75) is 19.4 Å². The van der Waals surface area contributed by atoms with Gasteiger partial charge in [-0.2, -0.15) is 0 Å². The minimum atomic E-state index is -1.06. The van der Waals surface area contributed by atoms with Gasteiger partial charge in [0.25, 0.3) is 5.91 Å². The molecule has 1 unspecified atom stereocenters. The Labute approximate surface area is 103 Å². The van der Waals surface area contributed by atoms with Crippen molar-refractivity contribution in [3.8, 4) is 11.5 Å². The third kappa shape index (κ3) is 1.97. The highest BCUT2D eigenvalue weighted by atomic mass is 16.5. The zero-order valence-electron chi connectivity index (χ0n) is 9.79. The molecule has 0 aromatic heterocycles. The first-order valence-electron chi connectivity index (χ1n) is 5.55. The highest BCUT2D eigenvalue weighted by Gasteiger charge is 2.34. The Kier molecular flexibility index (Phi) is 3.10. The van der Waals surface area contributed by atoms with Gasteiger partial charge in [0.2, 0.25) is 0 Å². The van der Waals surface area contributed by atoms with Crippen molar-refractivity contribution < 1.29 is 24.5 Å². The van der Waals surface area contributed by atoms with E-state index in [0.29, 0.717) is 17.9 Å². The number of carbonyl (C=O) groups excluding carboxylic acids is 1. The number of phenols is 1. The fourth-order valence-corrected chi connectivity index (χ4v) is 1.97. The summed E-state index contributed by atoms with van der Waals surface area (Å²) in [6.45, 7) is 1.47. The molecular formula is C12H13NO5. The molecule has 1 heterocycles. The van der Waals surface area contributed by atoms with Crippen molar-refractivity contribution in [2.75, 3.05) is 11.5 Å². The molecule has 1 atom stereocenters. The van der Waals surface area contributed by atoms with Crippen LogP contribution in [0.3, 0.4) is 0 Å². The number of carboxylic acids is 1. The number of fused-ring (bicyclic) bond motifs is 1. The van der Waals surface area contributed by atoms with Gasteiger partial charge < -0.3 is 14.9 Å². The van der Waals surface area contributed by atoms with Gasteiger partial charge in [-0.15, -0.1) is 0 Å². The average molecular weight is 251 g/mol. The molecule has 0 fully saturated rings. The van der Waals surface area contributed by atoms with Gasteiger partial charge in [-0.25, -0.2) is 4.79 Å². The summed E-state index contributed by atoms with van der Waals surface area (Å²) in [5.74, 6) is -1.14. The predicted molar refractivity (Wildman–Crippen MR) is 62.8 cm³/mol. The topological polar surface area (TPSA) is 87.1 Å². The molecule has 0 radical (unpaired) electrons. The number of hydrogen-bond acceptors (Lipinski definition) is 4. The second kappa shape index (κ2) is 4.56. The monoisotopic (exact) mass is 251 g/mol. The van der Waals surface area contributed by atoms with E-state index in [4.69, 9.17) is 9.84 Å². The van der Waals surface area contributed by atoms with Gasteiger partial charge in [0.15, 0.2) is 6.61 Å². The normalized spacial score (nSPS) is 15.8. The van der Waals surface area contributed by atoms with E-state index in [9.17, 15) is 14.7 Å². The maximum atomic E-state index is 11.8. The van der Waals surface area contributed by atoms with Crippen LogP contribution in [0.5, 0.6) is 11.5 Å². The standard InChI is InChI=1S/C12H13NO5/c1-2-8(12(16)17)13-9-4-3-7(14)5-10(9)18-6-11(13)15/h3-5,8,14H,2,6H2,1H3,(H,16,17). The number of aromatic hydroxyl groups is 1. The Hall–Kier alpha value is -2.24. The number of rotatable bonds is 3. The van der Waals surface area contributed by atoms with Gasteiger partial charge in [0, 0.05) is 6.07 Å². The van der Waals surface area contributed by atoms with E-state index in [1.807, 2.05) is 0 Å². The lowest BCUT2D eigenvalue weighted by atomic mass is 10.1. The zero-order valence-corrected chi connectivity index (χ0v) is 9.79. The molecule has 0 saturated carbocycles. The van der Waals surface area contributed by atoms with Gasteiger partial charge in [0.1, 0.15) is 17.5 Å². The third-order valence-corrected chi connectivity index (χ3v) is 2.81. The molecule has 2 rings (SSSR count). The molecule has 0 saturated heterocycles. The number of amides is 1. The second-order valence-corrected chi connectivity index (χ2v) is 3.97. The molecule has 1 aromatic carbocycles. The van der Waals surface area contributed by atoms with E-state index in [-0.39, 0.29) is 12.4 Å². The summed E-state index contributed by atoms with van der Waals surface area (Å²) < 4.78 is 5.18. The first-order valence-corrected chi connectivity index (χ1v) is 5.55. The number of anilines is 1. The van der Waals surface area contributed by atoms with E-state index in [1.54, 1.807) is 6.92 Å². The van der Waals surface area contributed by atoms with Crippen molar-refractivity contribution in [3.63, 3.8) is 0 Å². The summed E-state index contributed by atoms with van der Waals surface area (Å²) in [5, 5.41) is 18.5. The molecule has 1 aromatic rings. The van der Waals surface area contributed by atoms with Crippen LogP contribution >= 0.6 is 0 Å². The Balaban J connectivity index is 2.47. The minimum Gasteiger partial charge on any atom is -0.508 e. The molecule has 0 bridgehead atoms. The van der Waals surface area contributed by atoms with Crippen LogP contribution in [0.2, 0.25) is 0 Å².